The maximum atomic E-state index is 11.1. The van der Waals surface area contributed by atoms with Crippen LogP contribution in [0, 0.1) is 0 Å². The second-order valence-corrected chi connectivity index (χ2v) is 3.92. The molecule has 0 aliphatic rings. The van der Waals surface area contributed by atoms with Crippen LogP contribution in [-0.2, 0) is 4.74 Å². The van der Waals surface area contributed by atoms with Crippen LogP contribution in [0.25, 0.3) is 0 Å². The first-order valence-electron chi connectivity index (χ1n) is 5.79. The second-order valence-electron chi connectivity index (χ2n) is 3.92. The quantitative estimate of drug-likeness (QED) is 0.780. The highest BCUT2D eigenvalue weighted by Gasteiger charge is 2.14. The van der Waals surface area contributed by atoms with Gasteiger partial charge in [0.05, 0.1) is 25.0 Å². The van der Waals surface area contributed by atoms with Crippen molar-refractivity contribution in [1.29, 1.82) is 0 Å². The molecule has 1 rings (SSSR count). The van der Waals surface area contributed by atoms with Crippen LogP contribution in [0.3, 0.4) is 0 Å². The van der Waals surface area contributed by atoms with E-state index in [0.717, 1.165) is 6.42 Å². The van der Waals surface area contributed by atoms with Crippen molar-refractivity contribution in [2.75, 3.05) is 26.1 Å². The average molecular weight is 253 g/mol. The Morgan fingerprint density at radius 3 is 2.67 bits per heavy atom. The Morgan fingerprint density at radius 1 is 1.44 bits per heavy atom. The molecule has 0 amide bonds. The summed E-state index contributed by atoms with van der Waals surface area (Å²) in [5.41, 5.74) is 0.774. The molecule has 100 valence electrons. The zero-order chi connectivity index (χ0) is 13.5. The van der Waals surface area contributed by atoms with Crippen LogP contribution in [0.15, 0.2) is 18.2 Å². The Labute approximate surface area is 107 Å². The van der Waals surface area contributed by atoms with Gasteiger partial charge in [0.25, 0.3) is 0 Å². The Morgan fingerprint density at radius 2 is 2.17 bits per heavy atom. The van der Waals surface area contributed by atoms with Crippen molar-refractivity contribution < 1.29 is 19.4 Å². The van der Waals surface area contributed by atoms with Crippen LogP contribution >= 0.6 is 0 Å². The van der Waals surface area contributed by atoms with Crippen molar-refractivity contribution in [3.8, 4) is 5.75 Å². The minimum Gasteiger partial charge on any atom is -0.497 e. The lowest BCUT2D eigenvalue weighted by molar-refractivity contribution is 0.0697. The smallest absolute Gasteiger partial charge is 0.337 e. The second kappa shape index (κ2) is 6.86. The molecule has 0 aliphatic carbocycles. The predicted molar refractivity (Wildman–Crippen MR) is 69.5 cm³/mol. The fourth-order valence-corrected chi connectivity index (χ4v) is 1.64. The van der Waals surface area contributed by atoms with E-state index in [1.807, 2.05) is 6.92 Å². The number of hydrogen-bond donors (Lipinski definition) is 2. The van der Waals surface area contributed by atoms with Crippen LogP contribution in [0.1, 0.15) is 23.7 Å². The maximum absolute atomic E-state index is 11.1. The first kappa shape index (κ1) is 14.3. The molecular weight excluding hydrogens is 234 g/mol. The first-order valence-corrected chi connectivity index (χ1v) is 5.79. The molecule has 0 saturated carbocycles. The summed E-state index contributed by atoms with van der Waals surface area (Å²) in [5, 5.41) is 12.3. The van der Waals surface area contributed by atoms with Crippen LogP contribution in [-0.4, -0.2) is 37.9 Å². The van der Waals surface area contributed by atoms with E-state index < -0.39 is 5.97 Å². The highest BCUT2D eigenvalue weighted by Crippen LogP contribution is 2.23. The summed E-state index contributed by atoms with van der Waals surface area (Å²) in [7, 11) is 3.17. The third-order valence-corrected chi connectivity index (χ3v) is 2.68. The lowest BCUT2D eigenvalue weighted by Gasteiger charge is -2.19. The van der Waals surface area contributed by atoms with Gasteiger partial charge in [0, 0.05) is 19.2 Å². The van der Waals surface area contributed by atoms with Crippen LogP contribution in [0.4, 0.5) is 5.69 Å². The number of aromatic carboxylic acids is 1. The van der Waals surface area contributed by atoms with E-state index in [1.165, 1.54) is 6.07 Å². The van der Waals surface area contributed by atoms with Gasteiger partial charge in [-0.2, -0.15) is 0 Å². The summed E-state index contributed by atoms with van der Waals surface area (Å²) < 4.78 is 10.2. The van der Waals surface area contributed by atoms with Gasteiger partial charge < -0.3 is 19.9 Å². The first-order chi connectivity index (χ1) is 8.62. The van der Waals surface area contributed by atoms with E-state index in [2.05, 4.69) is 5.32 Å². The van der Waals surface area contributed by atoms with Gasteiger partial charge in [-0.15, -0.1) is 0 Å². The average Bonchev–Trinajstić information content (AvgIpc) is 2.37. The molecule has 0 fully saturated rings. The van der Waals surface area contributed by atoms with Crippen molar-refractivity contribution in [3.63, 3.8) is 0 Å². The zero-order valence-corrected chi connectivity index (χ0v) is 10.9. The van der Waals surface area contributed by atoms with Crippen LogP contribution in [0.2, 0.25) is 0 Å². The predicted octanol–water partition coefficient (Wildman–Crippen LogP) is 2.23. The Hall–Kier alpha value is -1.75. The molecule has 0 radical (unpaired) electrons. The van der Waals surface area contributed by atoms with E-state index in [9.17, 15) is 4.79 Å². The molecule has 1 atom stereocenters. The lowest BCUT2D eigenvalue weighted by atomic mass is 10.1. The summed E-state index contributed by atoms with van der Waals surface area (Å²) in [6.45, 7) is 2.53. The summed E-state index contributed by atoms with van der Waals surface area (Å²) in [5.74, 6) is -0.345. The highest BCUT2D eigenvalue weighted by atomic mass is 16.5. The van der Waals surface area contributed by atoms with Gasteiger partial charge in [0.2, 0.25) is 0 Å². The van der Waals surface area contributed by atoms with Gasteiger partial charge >= 0.3 is 5.97 Å². The number of carbonyl (C=O) groups is 1. The molecule has 5 heteroatoms. The molecule has 0 bridgehead atoms. The molecule has 1 aromatic rings. The molecule has 18 heavy (non-hydrogen) atoms. The van der Waals surface area contributed by atoms with Crippen molar-refractivity contribution in [3.05, 3.63) is 23.8 Å². The molecule has 0 heterocycles. The number of nitrogens with one attached hydrogen (secondary N) is 1. The van der Waals surface area contributed by atoms with Gasteiger partial charge in [-0.1, -0.05) is 6.92 Å². The molecule has 0 spiro atoms. The molecular formula is C13H19NO4. The number of rotatable bonds is 7. The Kier molecular flexibility index (Phi) is 5.45. The van der Waals surface area contributed by atoms with Gasteiger partial charge in [0.15, 0.2) is 0 Å². The fraction of sp³-hybridized carbons (Fsp3) is 0.462. The number of carboxylic acids is 1. The number of anilines is 1. The molecule has 2 N–H and O–H groups in total. The SMILES string of the molecule is CCC(COC)Nc1cc(OC)ccc1C(=O)O. The molecule has 0 saturated heterocycles. The lowest BCUT2D eigenvalue weighted by Crippen LogP contribution is -2.25. The molecule has 1 aromatic carbocycles. The number of carboxylic acid groups (broad SMARTS) is 1. The minimum absolute atomic E-state index is 0.0696. The minimum atomic E-state index is -0.965. The van der Waals surface area contributed by atoms with E-state index >= 15 is 0 Å². The Bertz CT molecular complexity index is 406. The monoisotopic (exact) mass is 253 g/mol. The van der Waals surface area contributed by atoms with E-state index in [-0.39, 0.29) is 11.6 Å². The summed E-state index contributed by atoms with van der Waals surface area (Å²) in [4.78, 5) is 11.1. The molecule has 5 nitrogen and oxygen atoms in total. The van der Waals surface area contributed by atoms with Crippen molar-refractivity contribution >= 4 is 11.7 Å². The summed E-state index contributed by atoms with van der Waals surface area (Å²) >= 11 is 0. The summed E-state index contributed by atoms with van der Waals surface area (Å²) in [6, 6.07) is 4.91. The fourth-order valence-electron chi connectivity index (χ4n) is 1.64. The maximum Gasteiger partial charge on any atom is 0.337 e. The van der Waals surface area contributed by atoms with E-state index in [1.54, 1.807) is 26.4 Å². The number of benzene rings is 1. The number of ether oxygens (including phenoxy) is 2. The molecule has 1 unspecified atom stereocenters. The van der Waals surface area contributed by atoms with Crippen molar-refractivity contribution in [2.45, 2.75) is 19.4 Å². The third kappa shape index (κ3) is 3.63. The highest BCUT2D eigenvalue weighted by molar-refractivity contribution is 5.94. The standard InChI is InChI=1S/C13H19NO4/c1-4-9(8-17-2)14-12-7-10(18-3)5-6-11(12)13(15)16/h5-7,9,14H,4,8H2,1-3H3,(H,15,16). The largest absolute Gasteiger partial charge is 0.497 e. The number of hydrogen-bond acceptors (Lipinski definition) is 4. The molecule has 0 aliphatic heterocycles. The van der Waals surface area contributed by atoms with Crippen LogP contribution in [0.5, 0.6) is 5.75 Å². The van der Waals surface area contributed by atoms with E-state index in [4.69, 9.17) is 14.6 Å². The van der Waals surface area contributed by atoms with Crippen molar-refractivity contribution in [2.24, 2.45) is 0 Å². The zero-order valence-electron chi connectivity index (χ0n) is 10.9. The summed E-state index contributed by atoms with van der Waals surface area (Å²) in [6.07, 6.45) is 0.837. The number of methoxy groups -OCH3 is 2. The topological polar surface area (TPSA) is 67.8 Å². The Balaban J connectivity index is 2.99. The van der Waals surface area contributed by atoms with Gasteiger partial charge in [-0.05, 0) is 18.6 Å². The van der Waals surface area contributed by atoms with Gasteiger partial charge in [0.1, 0.15) is 5.75 Å². The van der Waals surface area contributed by atoms with Crippen molar-refractivity contribution in [1.82, 2.24) is 0 Å². The third-order valence-electron chi connectivity index (χ3n) is 2.68. The molecule has 0 aromatic heterocycles. The van der Waals surface area contributed by atoms with Crippen LogP contribution < -0.4 is 10.1 Å². The van der Waals surface area contributed by atoms with Gasteiger partial charge in [-0.25, -0.2) is 4.79 Å². The van der Waals surface area contributed by atoms with Gasteiger partial charge in [-0.3, -0.25) is 0 Å². The normalized spacial score (nSPS) is 11.9. The van der Waals surface area contributed by atoms with E-state index in [0.29, 0.717) is 18.0 Å².